The molecule has 4 heteroatoms. The first-order chi connectivity index (χ1) is 8.06. The van der Waals surface area contributed by atoms with Crippen LogP contribution in [0.1, 0.15) is 38.1 Å². The lowest BCUT2D eigenvalue weighted by Gasteiger charge is -2.43. The van der Waals surface area contributed by atoms with Crippen LogP contribution in [0.2, 0.25) is 0 Å². The molecule has 1 aromatic rings. The van der Waals surface area contributed by atoms with Crippen molar-refractivity contribution in [2.75, 3.05) is 6.61 Å². The van der Waals surface area contributed by atoms with Gasteiger partial charge >= 0.3 is 0 Å². The summed E-state index contributed by atoms with van der Waals surface area (Å²) in [5.74, 6) is 0. The number of ether oxygens (including phenoxy) is 1. The SMILES string of the molecule is CCOC1CC(O)(Cc2cc(CC)nn2C)C1. The second-order valence-electron chi connectivity index (χ2n) is 4.99. The normalized spacial score (nSPS) is 28.1. The molecule has 17 heavy (non-hydrogen) atoms. The Morgan fingerprint density at radius 2 is 2.24 bits per heavy atom. The molecule has 2 rings (SSSR count). The van der Waals surface area contributed by atoms with Gasteiger partial charge in [-0.15, -0.1) is 0 Å². The van der Waals surface area contributed by atoms with Gasteiger partial charge in [-0.1, -0.05) is 6.92 Å². The van der Waals surface area contributed by atoms with Gasteiger partial charge in [0.05, 0.1) is 17.4 Å². The maximum absolute atomic E-state index is 10.3. The lowest BCUT2D eigenvalue weighted by Crippen LogP contribution is -2.50. The Morgan fingerprint density at radius 3 is 2.76 bits per heavy atom. The van der Waals surface area contributed by atoms with E-state index in [1.54, 1.807) is 0 Å². The predicted octanol–water partition coefficient (Wildman–Crippen LogP) is 1.45. The third kappa shape index (κ3) is 2.69. The lowest BCUT2D eigenvalue weighted by atomic mass is 9.74. The van der Waals surface area contributed by atoms with Gasteiger partial charge in [0.2, 0.25) is 0 Å². The van der Waals surface area contributed by atoms with Gasteiger partial charge in [-0.05, 0) is 19.4 Å². The molecule has 0 spiro atoms. The van der Waals surface area contributed by atoms with E-state index in [1.165, 1.54) is 0 Å². The van der Waals surface area contributed by atoms with Crippen molar-refractivity contribution in [3.63, 3.8) is 0 Å². The Morgan fingerprint density at radius 1 is 1.53 bits per heavy atom. The third-order valence-electron chi connectivity index (χ3n) is 3.52. The fraction of sp³-hybridized carbons (Fsp3) is 0.769. The summed E-state index contributed by atoms with van der Waals surface area (Å²) in [6.07, 6.45) is 3.35. The molecule has 0 aliphatic heterocycles. The summed E-state index contributed by atoms with van der Waals surface area (Å²) in [5, 5.41) is 14.7. The minimum absolute atomic E-state index is 0.240. The molecule has 0 bridgehead atoms. The first-order valence-corrected chi connectivity index (χ1v) is 6.42. The summed E-state index contributed by atoms with van der Waals surface area (Å²) in [6, 6.07) is 2.09. The van der Waals surface area contributed by atoms with Crippen LogP contribution in [0, 0.1) is 0 Å². The largest absolute Gasteiger partial charge is 0.389 e. The summed E-state index contributed by atoms with van der Waals surface area (Å²) in [7, 11) is 1.94. The molecule has 1 heterocycles. The first kappa shape index (κ1) is 12.6. The highest BCUT2D eigenvalue weighted by molar-refractivity contribution is 5.15. The highest BCUT2D eigenvalue weighted by Crippen LogP contribution is 2.37. The van der Waals surface area contributed by atoms with Crippen molar-refractivity contribution in [2.24, 2.45) is 7.05 Å². The first-order valence-electron chi connectivity index (χ1n) is 6.42. The van der Waals surface area contributed by atoms with E-state index in [0.717, 1.165) is 37.3 Å². The van der Waals surface area contributed by atoms with E-state index in [0.29, 0.717) is 6.42 Å². The van der Waals surface area contributed by atoms with Crippen molar-refractivity contribution >= 4 is 0 Å². The molecular formula is C13H22N2O2. The molecule has 0 unspecified atom stereocenters. The van der Waals surface area contributed by atoms with Crippen molar-refractivity contribution in [3.8, 4) is 0 Å². The van der Waals surface area contributed by atoms with Crippen LogP contribution in [0.25, 0.3) is 0 Å². The molecule has 96 valence electrons. The van der Waals surface area contributed by atoms with E-state index >= 15 is 0 Å². The molecule has 0 saturated heterocycles. The Hall–Kier alpha value is -0.870. The number of nitrogens with zero attached hydrogens (tertiary/aromatic N) is 2. The van der Waals surface area contributed by atoms with E-state index in [4.69, 9.17) is 4.74 Å². The molecule has 1 aliphatic carbocycles. The molecule has 4 nitrogen and oxygen atoms in total. The van der Waals surface area contributed by atoms with E-state index in [1.807, 2.05) is 18.7 Å². The Bertz CT molecular complexity index is 381. The number of rotatable bonds is 5. The van der Waals surface area contributed by atoms with E-state index in [2.05, 4.69) is 18.1 Å². The van der Waals surface area contributed by atoms with E-state index in [-0.39, 0.29) is 6.10 Å². The molecule has 0 aromatic carbocycles. The molecule has 1 fully saturated rings. The summed E-state index contributed by atoms with van der Waals surface area (Å²) in [4.78, 5) is 0. The fourth-order valence-corrected chi connectivity index (χ4v) is 2.53. The highest BCUT2D eigenvalue weighted by Gasteiger charge is 2.43. The quantitative estimate of drug-likeness (QED) is 0.844. The number of hydrogen-bond donors (Lipinski definition) is 1. The molecule has 1 aliphatic rings. The summed E-state index contributed by atoms with van der Waals surface area (Å²) >= 11 is 0. The lowest BCUT2D eigenvalue weighted by molar-refractivity contribution is -0.136. The van der Waals surface area contributed by atoms with Gasteiger partial charge in [-0.3, -0.25) is 4.68 Å². The zero-order chi connectivity index (χ0) is 12.5. The fourth-order valence-electron chi connectivity index (χ4n) is 2.53. The summed E-state index contributed by atoms with van der Waals surface area (Å²) in [5.41, 5.74) is 1.62. The maximum atomic E-state index is 10.3. The average molecular weight is 238 g/mol. The van der Waals surface area contributed by atoms with Crippen LogP contribution in [0.4, 0.5) is 0 Å². The van der Waals surface area contributed by atoms with Crippen LogP contribution < -0.4 is 0 Å². The van der Waals surface area contributed by atoms with E-state index in [9.17, 15) is 5.11 Å². The van der Waals surface area contributed by atoms with Gasteiger partial charge < -0.3 is 9.84 Å². The minimum Gasteiger partial charge on any atom is -0.389 e. The third-order valence-corrected chi connectivity index (χ3v) is 3.52. The number of hydrogen-bond acceptors (Lipinski definition) is 3. The number of aromatic nitrogens is 2. The zero-order valence-corrected chi connectivity index (χ0v) is 10.9. The van der Waals surface area contributed by atoms with Crippen molar-refractivity contribution < 1.29 is 9.84 Å². The predicted molar refractivity (Wildman–Crippen MR) is 65.9 cm³/mol. The van der Waals surface area contributed by atoms with Gasteiger partial charge in [-0.25, -0.2) is 0 Å². The Kier molecular flexibility index (Phi) is 3.54. The average Bonchev–Trinajstić information content (AvgIpc) is 2.58. The van der Waals surface area contributed by atoms with Gasteiger partial charge in [0.25, 0.3) is 0 Å². The molecule has 0 atom stereocenters. The molecule has 1 saturated carbocycles. The number of aliphatic hydroxyl groups is 1. The zero-order valence-electron chi connectivity index (χ0n) is 10.9. The molecule has 1 aromatic heterocycles. The molecule has 1 N–H and O–H groups in total. The van der Waals surface area contributed by atoms with Crippen molar-refractivity contribution in [1.29, 1.82) is 0 Å². The second kappa shape index (κ2) is 4.78. The summed E-state index contributed by atoms with van der Waals surface area (Å²) in [6.45, 7) is 4.81. The summed E-state index contributed by atoms with van der Waals surface area (Å²) < 4.78 is 7.36. The van der Waals surface area contributed by atoms with E-state index < -0.39 is 5.60 Å². The topological polar surface area (TPSA) is 47.3 Å². The maximum Gasteiger partial charge on any atom is 0.0752 e. The Balaban J connectivity index is 1.95. The van der Waals surface area contributed by atoms with Crippen LogP contribution in [0.5, 0.6) is 0 Å². The minimum atomic E-state index is -0.585. The Labute approximate surface area is 103 Å². The van der Waals surface area contributed by atoms with Gasteiger partial charge in [0.15, 0.2) is 0 Å². The van der Waals surface area contributed by atoms with Crippen LogP contribution in [-0.4, -0.2) is 33.2 Å². The van der Waals surface area contributed by atoms with Crippen LogP contribution in [0.3, 0.4) is 0 Å². The van der Waals surface area contributed by atoms with Crippen LogP contribution in [0.15, 0.2) is 6.07 Å². The highest BCUT2D eigenvalue weighted by atomic mass is 16.5. The molecular weight excluding hydrogens is 216 g/mol. The van der Waals surface area contributed by atoms with Gasteiger partial charge in [-0.2, -0.15) is 5.10 Å². The van der Waals surface area contributed by atoms with Gasteiger partial charge in [0.1, 0.15) is 0 Å². The second-order valence-corrected chi connectivity index (χ2v) is 4.99. The molecule has 0 amide bonds. The monoisotopic (exact) mass is 238 g/mol. The smallest absolute Gasteiger partial charge is 0.0752 e. The molecule has 0 radical (unpaired) electrons. The standard InChI is InChI=1S/C13H22N2O2/c1-4-10-6-11(15(3)14-10)7-13(16)8-12(9-13)17-5-2/h6,12,16H,4-5,7-9H2,1-3H3. The van der Waals surface area contributed by atoms with Crippen LogP contribution >= 0.6 is 0 Å². The van der Waals surface area contributed by atoms with Gasteiger partial charge in [0, 0.05) is 38.6 Å². The van der Waals surface area contributed by atoms with Crippen molar-refractivity contribution in [3.05, 3.63) is 17.5 Å². The van der Waals surface area contributed by atoms with Crippen molar-refractivity contribution in [1.82, 2.24) is 9.78 Å². The van der Waals surface area contributed by atoms with Crippen LogP contribution in [-0.2, 0) is 24.6 Å². The van der Waals surface area contributed by atoms with Crippen molar-refractivity contribution in [2.45, 2.75) is 51.2 Å². The number of aryl methyl sites for hydroxylation is 2.